The Morgan fingerprint density at radius 3 is 2.70 bits per heavy atom. The first kappa shape index (κ1) is 12.5. The predicted octanol–water partition coefficient (Wildman–Crippen LogP) is 2.56. The smallest absolute Gasteiger partial charge is 0.255 e. The summed E-state index contributed by atoms with van der Waals surface area (Å²) in [6, 6.07) is 13.0. The summed E-state index contributed by atoms with van der Waals surface area (Å²) in [6.45, 7) is 0.967. The van der Waals surface area contributed by atoms with Crippen LogP contribution < -0.4 is 4.74 Å². The second kappa shape index (κ2) is 4.89. The number of carbonyl (C=O) groups excluding carboxylic acids is 1. The molecule has 102 valence electrons. The van der Waals surface area contributed by atoms with Gasteiger partial charge in [0.2, 0.25) is 0 Å². The Morgan fingerprint density at radius 1 is 1.25 bits per heavy atom. The molecule has 20 heavy (non-hydrogen) atoms. The molecule has 1 N–H and O–H groups in total. The first-order chi connectivity index (χ1) is 9.69. The Kier molecular flexibility index (Phi) is 3.06. The fourth-order valence-electron chi connectivity index (χ4n) is 2.47. The summed E-state index contributed by atoms with van der Waals surface area (Å²) >= 11 is 0. The van der Waals surface area contributed by atoms with E-state index >= 15 is 0 Å². The second-order valence-corrected chi connectivity index (χ2v) is 4.82. The molecule has 1 amide bonds. The Labute approximate surface area is 117 Å². The van der Waals surface area contributed by atoms with Gasteiger partial charge >= 0.3 is 0 Å². The minimum absolute atomic E-state index is 0.0712. The molecule has 4 nitrogen and oxygen atoms in total. The van der Waals surface area contributed by atoms with Crippen LogP contribution in [0.15, 0.2) is 42.5 Å². The van der Waals surface area contributed by atoms with E-state index in [4.69, 9.17) is 4.74 Å². The maximum atomic E-state index is 12.4. The van der Waals surface area contributed by atoms with E-state index in [9.17, 15) is 9.90 Å². The van der Waals surface area contributed by atoms with Crippen LogP contribution in [-0.4, -0.2) is 23.0 Å². The fraction of sp³-hybridized carbons (Fsp3) is 0.188. The van der Waals surface area contributed by atoms with Gasteiger partial charge in [0.25, 0.3) is 5.91 Å². The van der Waals surface area contributed by atoms with Crippen molar-refractivity contribution in [3.05, 3.63) is 59.2 Å². The number of phenols is 1. The van der Waals surface area contributed by atoms with Crippen molar-refractivity contribution < 1.29 is 14.6 Å². The third-order valence-electron chi connectivity index (χ3n) is 3.52. The number of aromatic hydroxyl groups is 1. The Bertz CT molecular complexity index is 652. The van der Waals surface area contributed by atoms with Gasteiger partial charge in [-0.25, -0.2) is 0 Å². The van der Waals surface area contributed by atoms with Gasteiger partial charge in [0.15, 0.2) is 0 Å². The zero-order chi connectivity index (χ0) is 14.1. The van der Waals surface area contributed by atoms with Gasteiger partial charge in [0, 0.05) is 18.2 Å². The number of phenolic OH excluding ortho intramolecular Hbond substituents is 1. The van der Waals surface area contributed by atoms with Crippen LogP contribution in [0.2, 0.25) is 0 Å². The van der Waals surface area contributed by atoms with Gasteiger partial charge in [-0.15, -0.1) is 0 Å². The lowest BCUT2D eigenvalue weighted by Crippen LogP contribution is -2.23. The molecule has 0 aliphatic carbocycles. The van der Waals surface area contributed by atoms with Crippen LogP contribution in [0.1, 0.15) is 21.5 Å². The van der Waals surface area contributed by atoms with Gasteiger partial charge in [-0.2, -0.15) is 0 Å². The molecule has 0 saturated heterocycles. The van der Waals surface area contributed by atoms with E-state index in [2.05, 4.69) is 0 Å². The van der Waals surface area contributed by atoms with E-state index < -0.39 is 0 Å². The normalized spacial score (nSPS) is 13.4. The molecule has 0 atom stereocenters. The highest BCUT2D eigenvalue weighted by Crippen LogP contribution is 2.34. The lowest BCUT2D eigenvalue weighted by molar-refractivity contribution is 0.0766. The summed E-state index contributed by atoms with van der Waals surface area (Å²) in [5.41, 5.74) is 2.27. The monoisotopic (exact) mass is 269 g/mol. The number of methoxy groups -OCH3 is 1. The highest BCUT2D eigenvalue weighted by atomic mass is 16.5. The average Bonchev–Trinajstić information content (AvgIpc) is 2.78. The first-order valence-corrected chi connectivity index (χ1v) is 6.42. The summed E-state index contributed by atoms with van der Waals surface area (Å²) in [5.74, 6) is 0.539. The van der Waals surface area contributed by atoms with Crippen LogP contribution in [0.3, 0.4) is 0 Å². The summed E-state index contributed by atoms with van der Waals surface area (Å²) in [4.78, 5) is 14.1. The van der Waals surface area contributed by atoms with Gasteiger partial charge in [0.1, 0.15) is 11.5 Å². The SMILES string of the molecule is COc1cc(O)c2c(c1)C(=O)N(Cc1ccccc1)C2. The molecule has 2 aromatic rings. The van der Waals surface area contributed by atoms with Crippen molar-refractivity contribution in [2.24, 2.45) is 0 Å². The molecule has 3 rings (SSSR count). The molecule has 2 aromatic carbocycles. The molecule has 1 aliphatic rings. The van der Waals surface area contributed by atoms with Crippen LogP contribution in [-0.2, 0) is 13.1 Å². The second-order valence-electron chi connectivity index (χ2n) is 4.82. The topological polar surface area (TPSA) is 49.8 Å². The van der Waals surface area contributed by atoms with Crippen molar-refractivity contribution in [3.8, 4) is 11.5 Å². The van der Waals surface area contributed by atoms with Gasteiger partial charge < -0.3 is 14.7 Å². The first-order valence-electron chi connectivity index (χ1n) is 6.42. The van der Waals surface area contributed by atoms with Gasteiger partial charge in [-0.05, 0) is 11.6 Å². The zero-order valence-electron chi connectivity index (χ0n) is 11.2. The van der Waals surface area contributed by atoms with E-state index in [1.807, 2.05) is 30.3 Å². The lowest BCUT2D eigenvalue weighted by atomic mass is 10.1. The molecule has 0 spiro atoms. The molecule has 0 unspecified atom stereocenters. The van der Waals surface area contributed by atoms with Gasteiger partial charge in [0.05, 0.1) is 19.2 Å². The van der Waals surface area contributed by atoms with Crippen molar-refractivity contribution in [2.75, 3.05) is 7.11 Å². The standard InChI is InChI=1S/C16H15NO3/c1-20-12-7-13-14(15(18)8-12)10-17(16(13)19)9-11-5-3-2-4-6-11/h2-8,18H,9-10H2,1H3. The quantitative estimate of drug-likeness (QED) is 0.931. The van der Waals surface area contributed by atoms with Crippen molar-refractivity contribution >= 4 is 5.91 Å². The number of fused-ring (bicyclic) bond motifs is 1. The number of rotatable bonds is 3. The Hall–Kier alpha value is -2.49. The number of hydrogen-bond donors (Lipinski definition) is 1. The minimum Gasteiger partial charge on any atom is -0.507 e. The maximum Gasteiger partial charge on any atom is 0.255 e. The summed E-state index contributed by atoms with van der Waals surface area (Å²) in [7, 11) is 1.52. The molecular formula is C16H15NO3. The molecule has 1 aliphatic heterocycles. The highest BCUT2D eigenvalue weighted by Gasteiger charge is 2.30. The molecule has 4 heteroatoms. The van der Waals surface area contributed by atoms with E-state index in [-0.39, 0.29) is 11.7 Å². The predicted molar refractivity (Wildman–Crippen MR) is 74.7 cm³/mol. The molecule has 0 aromatic heterocycles. The Morgan fingerprint density at radius 2 is 2.00 bits per heavy atom. The van der Waals surface area contributed by atoms with Crippen molar-refractivity contribution in [1.82, 2.24) is 4.90 Å². The van der Waals surface area contributed by atoms with Crippen LogP contribution in [0.5, 0.6) is 11.5 Å². The van der Waals surface area contributed by atoms with Gasteiger partial charge in [-0.3, -0.25) is 4.79 Å². The van der Waals surface area contributed by atoms with Crippen LogP contribution in [0, 0.1) is 0 Å². The van der Waals surface area contributed by atoms with Crippen LogP contribution in [0.25, 0.3) is 0 Å². The van der Waals surface area contributed by atoms with Crippen molar-refractivity contribution in [2.45, 2.75) is 13.1 Å². The number of nitrogens with zero attached hydrogens (tertiary/aromatic N) is 1. The average molecular weight is 269 g/mol. The van der Waals surface area contributed by atoms with E-state index in [0.29, 0.717) is 30.0 Å². The third kappa shape index (κ3) is 2.09. The number of amides is 1. The summed E-state index contributed by atoms with van der Waals surface area (Å²) in [6.07, 6.45) is 0. The molecule has 1 heterocycles. The van der Waals surface area contributed by atoms with Crippen molar-refractivity contribution in [1.29, 1.82) is 0 Å². The number of ether oxygens (including phenoxy) is 1. The number of benzene rings is 2. The zero-order valence-corrected chi connectivity index (χ0v) is 11.2. The number of carbonyl (C=O) groups is 1. The molecular weight excluding hydrogens is 254 g/mol. The minimum atomic E-state index is -0.0712. The molecule has 0 bridgehead atoms. The van der Waals surface area contributed by atoms with E-state index in [1.54, 1.807) is 11.0 Å². The molecule has 0 fully saturated rings. The highest BCUT2D eigenvalue weighted by molar-refractivity contribution is 5.99. The van der Waals surface area contributed by atoms with Gasteiger partial charge in [-0.1, -0.05) is 30.3 Å². The molecule has 0 radical (unpaired) electrons. The summed E-state index contributed by atoms with van der Waals surface area (Å²) < 4.78 is 5.09. The van der Waals surface area contributed by atoms with E-state index in [1.165, 1.54) is 13.2 Å². The van der Waals surface area contributed by atoms with Crippen molar-refractivity contribution in [3.63, 3.8) is 0 Å². The number of hydrogen-bond acceptors (Lipinski definition) is 3. The third-order valence-corrected chi connectivity index (χ3v) is 3.52. The van der Waals surface area contributed by atoms with E-state index in [0.717, 1.165) is 5.56 Å². The van der Waals surface area contributed by atoms with Crippen LogP contribution >= 0.6 is 0 Å². The summed E-state index contributed by atoms with van der Waals surface area (Å²) in [5, 5.41) is 9.99. The largest absolute Gasteiger partial charge is 0.507 e. The maximum absolute atomic E-state index is 12.4. The van der Waals surface area contributed by atoms with Crippen LogP contribution in [0.4, 0.5) is 0 Å². The molecule has 0 saturated carbocycles. The lowest BCUT2D eigenvalue weighted by Gasteiger charge is -2.15. The Balaban J connectivity index is 1.89. The fourth-order valence-corrected chi connectivity index (χ4v) is 2.47.